The summed E-state index contributed by atoms with van der Waals surface area (Å²) >= 11 is 10.1. The molecule has 1 amide bonds. The second-order valence-corrected chi connectivity index (χ2v) is 5.16. The van der Waals surface area contributed by atoms with E-state index in [1.165, 1.54) is 0 Å². The van der Waals surface area contributed by atoms with Gasteiger partial charge in [0.25, 0.3) is 5.91 Å². The number of carbonyl (C=O) groups is 1. The fraction of sp³-hybridized carbons (Fsp3) is 0. The Morgan fingerprint density at radius 3 is 1.96 bits per heavy atom. The largest absolute Gasteiger partial charge is 0.299 e. The lowest BCUT2D eigenvalue weighted by Crippen LogP contribution is -2.52. The first-order valence-electron chi connectivity index (χ1n) is 6.68. The highest BCUT2D eigenvalue weighted by Gasteiger charge is 2.06. The number of benzene rings is 2. The molecule has 0 unspecified atom stereocenters. The first-order chi connectivity index (χ1) is 11.1. The van der Waals surface area contributed by atoms with Crippen LogP contribution in [0.1, 0.15) is 10.4 Å². The summed E-state index contributed by atoms with van der Waals surface area (Å²) in [4.78, 5) is 11.9. The summed E-state index contributed by atoms with van der Waals surface area (Å²) in [5, 5.41) is 2.92. The van der Waals surface area contributed by atoms with Crippen molar-refractivity contribution < 1.29 is 4.79 Å². The van der Waals surface area contributed by atoms with Crippen LogP contribution < -0.4 is 27.0 Å². The standard InChI is InChI=1S/C15H15N5OS2/c21-13(11-7-3-1-4-8-11)16-14(22)18-20-15(23)19-17-12-9-5-2-6-10-12/h1-10,17H,(H2,19,20,23)(H2,16,18,21,22). The molecule has 0 aliphatic rings. The average molecular weight is 345 g/mol. The van der Waals surface area contributed by atoms with Crippen LogP contribution in [0.2, 0.25) is 0 Å². The normalized spacial score (nSPS) is 9.39. The van der Waals surface area contributed by atoms with Crippen molar-refractivity contribution in [3.05, 3.63) is 66.2 Å². The molecule has 0 radical (unpaired) electrons. The minimum atomic E-state index is -0.300. The van der Waals surface area contributed by atoms with Crippen LogP contribution in [0.5, 0.6) is 0 Å². The third-order valence-electron chi connectivity index (χ3n) is 2.65. The zero-order valence-corrected chi connectivity index (χ0v) is 13.6. The molecule has 23 heavy (non-hydrogen) atoms. The molecule has 0 atom stereocenters. The molecule has 0 bridgehead atoms. The topological polar surface area (TPSA) is 77.2 Å². The molecule has 6 nitrogen and oxygen atoms in total. The Morgan fingerprint density at radius 2 is 1.30 bits per heavy atom. The average Bonchev–Trinajstić information content (AvgIpc) is 2.60. The maximum absolute atomic E-state index is 11.9. The SMILES string of the molecule is O=C(NC(=S)NNC(=S)NNc1ccccc1)c1ccccc1. The molecule has 2 aromatic carbocycles. The molecule has 0 aromatic heterocycles. The van der Waals surface area contributed by atoms with Crippen molar-refractivity contribution in [1.29, 1.82) is 0 Å². The number of para-hydroxylation sites is 1. The van der Waals surface area contributed by atoms with Crippen LogP contribution in [0.4, 0.5) is 5.69 Å². The van der Waals surface area contributed by atoms with E-state index in [1.807, 2.05) is 36.4 Å². The fourth-order valence-electron chi connectivity index (χ4n) is 1.59. The van der Waals surface area contributed by atoms with Gasteiger partial charge in [-0.05, 0) is 48.7 Å². The van der Waals surface area contributed by atoms with E-state index in [0.717, 1.165) is 5.69 Å². The van der Waals surface area contributed by atoms with Gasteiger partial charge in [-0.2, -0.15) is 0 Å². The highest BCUT2D eigenvalue weighted by Crippen LogP contribution is 2.02. The monoisotopic (exact) mass is 345 g/mol. The van der Waals surface area contributed by atoms with Crippen LogP contribution in [0.3, 0.4) is 0 Å². The zero-order chi connectivity index (χ0) is 16.5. The summed E-state index contributed by atoms with van der Waals surface area (Å²) in [5.41, 5.74) is 12.3. The first-order valence-corrected chi connectivity index (χ1v) is 7.50. The predicted octanol–water partition coefficient (Wildman–Crippen LogP) is 1.70. The Morgan fingerprint density at radius 1 is 0.739 bits per heavy atom. The Kier molecular flexibility index (Phi) is 6.28. The molecule has 0 spiro atoms. The second kappa shape index (κ2) is 8.66. The molecule has 2 rings (SSSR count). The highest BCUT2D eigenvalue weighted by molar-refractivity contribution is 7.80. The number of thiocarbonyl (C=S) groups is 2. The van der Waals surface area contributed by atoms with Gasteiger partial charge in [-0.3, -0.25) is 31.8 Å². The maximum atomic E-state index is 11.9. The third kappa shape index (κ3) is 5.89. The van der Waals surface area contributed by atoms with Crippen molar-refractivity contribution in [3.63, 3.8) is 0 Å². The molecule has 0 aliphatic heterocycles. The smallest absolute Gasteiger partial charge is 0.257 e. The number of anilines is 1. The number of hydrogen-bond donors (Lipinski definition) is 5. The van der Waals surface area contributed by atoms with Crippen LogP contribution in [-0.2, 0) is 0 Å². The molecule has 2 aromatic rings. The van der Waals surface area contributed by atoms with E-state index in [-0.39, 0.29) is 16.1 Å². The number of amides is 1. The third-order valence-corrected chi connectivity index (χ3v) is 3.06. The highest BCUT2D eigenvalue weighted by atomic mass is 32.1. The molecule has 0 saturated heterocycles. The molecule has 0 saturated carbocycles. The maximum Gasteiger partial charge on any atom is 0.257 e. The van der Waals surface area contributed by atoms with Gasteiger partial charge in [0.05, 0.1) is 5.69 Å². The summed E-state index contributed by atoms with van der Waals surface area (Å²) in [5.74, 6) is -0.300. The van der Waals surface area contributed by atoms with Crippen molar-refractivity contribution in [2.75, 3.05) is 5.43 Å². The van der Waals surface area contributed by atoms with E-state index >= 15 is 0 Å². The minimum Gasteiger partial charge on any atom is -0.299 e. The molecular weight excluding hydrogens is 330 g/mol. The van der Waals surface area contributed by atoms with E-state index in [4.69, 9.17) is 24.4 Å². The van der Waals surface area contributed by atoms with Crippen molar-refractivity contribution >= 4 is 46.3 Å². The molecule has 5 N–H and O–H groups in total. The lowest BCUT2D eigenvalue weighted by Gasteiger charge is -2.14. The number of nitrogens with one attached hydrogen (secondary N) is 5. The van der Waals surface area contributed by atoms with Crippen LogP contribution in [0, 0.1) is 0 Å². The van der Waals surface area contributed by atoms with Gasteiger partial charge in [0.2, 0.25) is 5.11 Å². The summed E-state index contributed by atoms with van der Waals surface area (Å²) in [6.45, 7) is 0. The number of carbonyl (C=O) groups excluding carboxylic acids is 1. The summed E-state index contributed by atoms with van der Waals surface area (Å²) < 4.78 is 0. The van der Waals surface area contributed by atoms with Crippen molar-refractivity contribution in [1.82, 2.24) is 21.6 Å². The number of hydrazine groups is 2. The zero-order valence-electron chi connectivity index (χ0n) is 12.0. The van der Waals surface area contributed by atoms with Gasteiger partial charge in [0.1, 0.15) is 0 Å². The Bertz CT molecular complexity index is 679. The molecule has 118 valence electrons. The molecular formula is C15H15N5OS2. The molecule has 0 aliphatic carbocycles. The van der Waals surface area contributed by atoms with E-state index in [0.29, 0.717) is 5.56 Å². The van der Waals surface area contributed by atoms with E-state index in [2.05, 4.69) is 27.0 Å². The summed E-state index contributed by atoms with van der Waals surface area (Å²) in [6, 6.07) is 18.2. The molecule has 0 heterocycles. The van der Waals surface area contributed by atoms with Crippen LogP contribution >= 0.6 is 24.4 Å². The van der Waals surface area contributed by atoms with Crippen LogP contribution in [-0.4, -0.2) is 16.1 Å². The van der Waals surface area contributed by atoms with E-state index in [1.54, 1.807) is 24.3 Å². The van der Waals surface area contributed by atoms with Crippen molar-refractivity contribution in [3.8, 4) is 0 Å². The Hall–Kier alpha value is -2.71. The predicted molar refractivity (Wildman–Crippen MR) is 98.6 cm³/mol. The first kappa shape index (κ1) is 16.7. The lowest BCUT2D eigenvalue weighted by molar-refractivity contribution is 0.0976. The lowest BCUT2D eigenvalue weighted by atomic mass is 10.2. The quantitative estimate of drug-likeness (QED) is 0.428. The van der Waals surface area contributed by atoms with Gasteiger partial charge >= 0.3 is 0 Å². The second-order valence-electron chi connectivity index (χ2n) is 4.34. The minimum absolute atomic E-state index is 0.114. The van der Waals surface area contributed by atoms with Crippen LogP contribution in [0.25, 0.3) is 0 Å². The van der Waals surface area contributed by atoms with Crippen molar-refractivity contribution in [2.45, 2.75) is 0 Å². The van der Waals surface area contributed by atoms with Gasteiger partial charge in [-0.25, -0.2) is 0 Å². The van der Waals surface area contributed by atoms with E-state index in [9.17, 15) is 4.79 Å². The molecule has 0 fully saturated rings. The van der Waals surface area contributed by atoms with Crippen molar-refractivity contribution in [2.24, 2.45) is 0 Å². The number of rotatable bonds is 3. The van der Waals surface area contributed by atoms with Gasteiger partial charge < -0.3 is 0 Å². The van der Waals surface area contributed by atoms with Gasteiger partial charge in [0.15, 0.2) is 5.11 Å². The Labute approximate surface area is 144 Å². The summed E-state index contributed by atoms with van der Waals surface area (Å²) in [7, 11) is 0. The molecule has 8 heteroatoms. The van der Waals surface area contributed by atoms with Crippen LogP contribution in [0.15, 0.2) is 60.7 Å². The summed E-state index contributed by atoms with van der Waals surface area (Å²) in [6.07, 6.45) is 0. The van der Waals surface area contributed by atoms with Gasteiger partial charge in [0, 0.05) is 5.56 Å². The van der Waals surface area contributed by atoms with Gasteiger partial charge in [-0.1, -0.05) is 36.4 Å². The number of hydrogen-bond acceptors (Lipinski definition) is 4. The van der Waals surface area contributed by atoms with Gasteiger partial charge in [-0.15, -0.1) is 0 Å². The van der Waals surface area contributed by atoms with E-state index < -0.39 is 0 Å². The fourth-order valence-corrected chi connectivity index (χ4v) is 1.84. The Balaban J connectivity index is 1.69.